The quantitative estimate of drug-likeness (QED) is 0.397. The molecule has 0 amide bonds. The van der Waals surface area contributed by atoms with E-state index in [2.05, 4.69) is 0 Å². The van der Waals surface area contributed by atoms with Crippen molar-refractivity contribution in [2.45, 2.75) is 31.2 Å². The molecule has 2 rings (SSSR count). The minimum absolute atomic E-state index is 0.0411. The van der Waals surface area contributed by atoms with E-state index >= 15 is 0 Å². The van der Waals surface area contributed by atoms with Gasteiger partial charge in [0.05, 0.1) is 26.4 Å². The van der Waals surface area contributed by atoms with Crippen LogP contribution in [0.15, 0.2) is 0 Å². The van der Waals surface area contributed by atoms with Crippen molar-refractivity contribution >= 4 is 0 Å². The number of aliphatic hydroxyl groups excluding tert-OH is 2. The summed E-state index contributed by atoms with van der Waals surface area (Å²) in [5.74, 6) is 0. The van der Waals surface area contributed by atoms with Crippen LogP contribution in [0.4, 0.5) is 0 Å². The summed E-state index contributed by atoms with van der Waals surface area (Å²) in [4.78, 5) is 0. The third-order valence-corrected chi connectivity index (χ3v) is 2.16. The first kappa shape index (κ1) is 11.3. The summed E-state index contributed by atoms with van der Waals surface area (Å²) in [5, 5.41) is 18.7. The number of rotatable bonds is 8. The minimum Gasteiger partial charge on any atom is -0.371 e. The van der Waals surface area contributed by atoms with Crippen LogP contribution in [0, 0.1) is 0 Å². The molecule has 4 unspecified atom stereocenters. The Labute approximate surface area is 87.7 Å². The number of aliphatic hydroxyl groups is 2. The van der Waals surface area contributed by atoms with Gasteiger partial charge in [-0.1, -0.05) is 0 Å². The predicted molar refractivity (Wildman–Crippen MR) is 48.0 cm³/mol. The summed E-state index contributed by atoms with van der Waals surface area (Å²) in [6, 6.07) is 0. The minimum atomic E-state index is -1.01. The lowest BCUT2D eigenvalue weighted by Crippen LogP contribution is -2.25. The Hall–Kier alpha value is -0.240. The Bertz CT molecular complexity index is 171. The molecule has 2 heterocycles. The Kier molecular flexibility index (Phi) is 3.90. The van der Waals surface area contributed by atoms with Crippen LogP contribution in [-0.2, 0) is 18.9 Å². The van der Waals surface area contributed by atoms with Gasteiger partial charge in [-0.15, -0.1) is 0 Å². The SMILES string of the molecule is OC(CC(O)OCC1CO1)OCC1CO1. The van der Waals surface area contributed by atoms with E-state index in [4.69, 9.17) is 18.9 Å². The van der Waals surface area contributed by atoms with Gasteiger partial charge in [0.1, 0.15) is 12.2 Å². The van der Waals surface area contributed by atoms with Crippen molar-refractivity contribution in [3.63, 3.8) is 0 Å². The average molecular weight is 220 g/mol. The molecule has 0 radical (unpaired) electrons. The molecule has 0 saturated carbocycles. The monoisotopic (exact) mass is 220 g/mol. The van der Waals surface area contributed by atoms with Crippen molar-refractivity contribution in [3.05, 3.63) is 0 Å². The maximum Gasteiger partial charge on any atom is 0.159 e. The van der Waals surface area contributed by atoms with Gasteiger partial charge in [0.25, 0.3) is 0 Å². The second-order valence-electron chi connectivity index (χ2n) is 3.72. The van der Waals surface area contributed by atoms with Gasteiger partial charge in [-0.25, -0.2) is 0 Å². The normalized spacial score (nSPS) is 32.4. The Morgan fingerprint density at radius 1 is 1.00 bits per heavy atom. The maximum atomic E-state index is 9.33. The molecular weight excluding hydrogens is 204 g/mol. The summed E-state index contributed by atoms with van der Waals surface area (Å²) in [6.45, 7) is 2.09. The lowest BCUT2D eigenvalue weighted by Gasteiger charge is -2.15. The van der Waals surface area contributed by atoms with Crippen LogP contribution < -0.4 is 0 Å². The second kappa shape index (κ2) is 5.20. The predicted octanol–water partition coefficient (Wildman–Crippen LogP) is -1.16. The Morgan fingerprint density at radius 3 is 1.73 bits per heavy atom. The molecule has 15 heavy (non-hydrogen) atoms. The van der Waals surface area contributed by atoms with Gasteiger partial charge >= 0.3 is 0 Å². The second-order valence-corrected chi connectivity index (χ2v) is 3.72. The van der Waals surface area contributed by atoms with Crippen molar-refractivity contribution in [3.8, 4) is 0 Å². The summed E-state index contributed by atoms with van der Waals surface area (Å²) in [5.41, 5.74) is 0. The number of epoxide rings is 2. The zero-order chi connectivity index (χ0) is 10.7. The fraction of sp³-hybridized carbons (Fsp3) is 1.00. The van der Waals surface area contributed by atoms with Crippen LogP contribution in [0.25, 0.3) is 0 Å². The van der Waals surface area contributed by atoms with E-state index < -0.39 is 12.6 Å². The molecule has 6 nitrogen and oxygen atoms in total. The summed E-state index contributed by atoms with van der Waals surface area (Å²) in [7, 11) is 0. The van der Waals surface area contributed by atoms with Crippen LogP contribution >= 0.6 is 0 Å². The Balaban J connectivity index is 1.48. The van der Waals surface area contributed by atoms with Crippen molar-refractivity contribution in [2.75, 3.05) is 26.4 Å². The van der Waals surface area contributed by atoms with Gasteiger partial charge in [0, 0.05) is 6.42 Å². The fourth-order valence-electron chi connectivity index (χ4n) is 1.07. The topological polar surface area (TPSA) is 84.0 Å². The van der Waals surface area contributed by atoms with Gasteiger partial charge < -0.3 is 29.2 Å². The van der Waals surface area contributed by atoms with Crippen LogP contribution in [-0.4, -0.2) is 61.4 Å². The third-order valence-electron chi connectivity index (χ3n) is 2.16. The first-order valence-corrected chi connectivity index (χ1v) is 5.06. The molecule has 0 aromatic carbocycles. The highest BCUT2D eigenvalue weighted by Gasteiger charge is 2.26. The van der Waals surface area contributed by atoms with Gasteiger partial charge in [-0.3, -0.25) is 0 Å². The van der Waals surface area contributed by atoms with Crippen molar-refractivity contribution < 1.29 is 29.2 Å². The maximum absolute atomic E-state index is 9.33. The van der Waals surface area contributed by atoms with E-state index in [1.54, 1.807) is 0 Å². The average Bonchev–Trinajstić information content (AvgIpc) is 3.04. The lowest BCUT2D eigenvalue weighted by atomic mass is 10.4. The molecular formula is C9H16O6. The molecule has 0 aromatic rings. The highest BCUT2D eigenvalue weighted by molar-refractivity contribution is 4.68. The first-order chi connectivity index (χ1) is 7.24. The molecule has 88 valence electrons. The van der Waals surface area contributed by atoms with Crippen molar-refractivity contribution in [1.82, 2.24) is 0 Å². The zero-order valence-corrected chi connectivity index (χ0v) is 8.37. The number of ether oxygens (including phenoxy) is 4. The molecule has 0 bridgehead atoms. The summed E-state index contributed by atoms with van der Waals surface area (Å²) < 4.78 is 19.8. The fourth-order valence-corrected chi connectivity index (χ4v) is 1.07. The molecule has 0 aliphatic carbocycles. The Morgan fingerprint density at radius 2 is 1.40 bits per heavy atom. The van der Waals surface area contributed by atoms with Crippen LogP contribution in [0.3, 0.4) is 0 Å². The van der Waals surface area contributed by atoms with Crippen molar-refractivity contribution in [2.24, 2.45) is 0 Å². The number of hydrogen-bond acceptors (Lipinski definition) is 6. The van der Waals surface area contributed by atoms with E-state index in [9.17, 15) is 10.2 Å². The van der Waals surface area contributed by atoms with E-state index in [1.165, 1.54) is 0 Å². The van der Waals surface area contributed by atoms with E-state index in [0.29, 0.717) is 26.4 Å². The smallest absolute Gasteiger partial charge is 0.159 e. The highest BCUT2D eigenvalue weighted by atomic mass is 16.7. The van der Waals surface area contributed by atoms with E-state index in [1.807, 2.05) is 0 Å². The van der Waals surface area contributed by atoms with Crippen LogP contribution in [0.1, 0.15) is 6.42 Å². The summed E-state index contributed by atoms with van der Waals surface area (Å²) in [6.07, 6.45) is -1.76. The highest BCUT2D eigenvalue weighted by Crippen LogP contribution is 2.13. The van der Waals surface area contributed by atoms with Crippen molar-refractivity contribution in [1.29, 1.82) is 0 Å². The van der Waals surface area contributed by atoms with Gasteiger partial charge in [-0.05, 0) is 0 Å². The molecule has 2 N–H and O–H groups in total. The largest absolute Gasteiger partial charge is 0.371 e. The summed E-state index contributed by atoms with van der Waals surface area (Å²) >= 11 is 0. The van der Waals surface area contributed by atoms with Gasteiger partial charge in [-0.2, -0.15) is 0 Å². The molecule has 2 saturated heterocycles. The lowest BCUT2D eigenvalue weighted by molar-refractivity contribution is -0.178. The van der Waals surface area contributed by atoms with E-state index in [0.717, 1.165) is 0 Å². The molecule has 6 heteroatoms. The molecule has 2 aliphatic rings. The number of hydrogen-bond donors (Lipinski definition) is 2. The zero-order valence-electron chi connectivity index (χ0n) is 8.37. The molecule has 2 aliphatic heterocycles. The molecule has 0 spiro atoms. The molecule has 0 aromatic heterocycles. The van der Waals surface area contributed by atoms with Crippen LogP contribution in [0.5, 0.6) is 0 Å². The first-order valence-electron chi connectivity index (χ1n) is 5.06. The molecule has 2 fully saturated rings. The van der Waals surface area contributed by atoms with Gasteiger partial charge in [0.2, 0.25) is 0 Å². The van der Waals surface area contributed by atoms with E-state index in [-0.39, 0.29) is 18.6 Å². The van der Waals surface area contributed by atoms with Crippen LogP contribution in [0.2, 0.25) is 0 Å². The molecule has 4 atom stereocenters. The third kappa shape index (κ3) is 4.87. The standard InChI is InChI=1S/C9H16O6/c10-8(14-4-6-2-12-6)1-9(11)15-5-7-3-13-7/h6-11H,1-5H2. The van der Waals surface area contributed by atoms with Gasteiger partial charge in [0.15, 0.2) is 12.6 Å².